The predicted molar refractivity (Wildman–Crippen MR) is 85.6 cm³/mol. The van der Waals surface area contributed by atoms with E-state index in [0.717, 1.165) is 48.9 Å². The van der Waals surface area contributed by atoms with Gasteiger partial charge in [-0.1, -0.05) is 19.1 Å². The van der Waals surface area contributed by atoms with Gasteiger partial charge in [-0.25, -0.2) is 4.98 Å². The van der Waals surface area contributed by atoms with Gasteiger partial charge in [-0.3, -0.25) is 4.79 Å². The van der Waals surface area contributed by atoms with Crippen LogP contribution in [0.25, 0.3) is 10.6 Å². The van der Waals surface area contributed by atoms with Crippen LogP contribution in [-0.4, -0.2) is 53.4 Å². The summed E-state index contributed by atoms with van der Waals surface area (Å²) in [5, 5.41) is 2.95. The van der Waals surface area contributed by atoms with Gasteiger partial charge in [-0.2, -0.15) is 0 Å². The number of rotatable bonds is 3. The Labute approximate surface area is 129 Å². The monoisotopic (exact) mass is 301 g/mol. The summed E-state index contributed by atoms with van der Waals surface area (Å²) in [6.45, 7) is 6.81. The Bertz CT molecular complexity index is 586. The molecule has 0 saturated carbocycles. The Kier molecular flexibility index (Phi) is 4.31. The summed E-state index contributed by atoms with van der Waals surface area (Å²) in [5.41, 5.74) is 1.83. The van der Waals surface area contributed by atoms with Gasteiger partial charge < -0.3 is 9.80 Å². The third kappa shape index (κ3) is 3.14. The van der Waals surface area contributed by atoms with Crippen LogP contribution < -0.4 is 0 Å². The summed E-state index contributed by atoms with van der Waals surface area (Å²) in [6.07, 6.45) is 1.80. The summed E-state index contributed by atoms with van der Waals surface area (Å²) < 4.78 is 0. The van der Waals surface area contributed by atoms with Gasteiger partial charge in [-0.05, 0) is 18.7 Å². The number of likely N-dealkylation sites (N-methyl/N-ethyl adjacent to an activating group) is 1. The minimum atomic E-state index is 0.136. The molecule has 21 heavy (non-hydrogen) atoms. The lowest BCUT2D eigenvalue weighted by Crippen LogP contribution is -2.48. The van der Waals surface area contributed by atoms with E-state index in [0.29, 0.717) is 0 Å². The van der Waals surface area contributed by atoms with Crippen LogP contribution in [0.15, 0.2) is 35.8 Å². The molecule has 0 unspecified atom stereocenters. The van der Waals surface area contributed by atoms with Crippen molar-refractivity contribution in [1.29, 1.82) is 0 Å². The van der Waals surface area contributed by atoms with E-state index >= 15 is 0 Å². The second-order valence-corrected chi connectivity index (χ2v) is 6.04. The lowest BCUT2D eigenvalue weighted by molar-refractivity contribution is 0.0643. The highest BCUT2D eigenvalue weighted by molar-refractivity contribution is 7.13. The molecular weight excluding hydrogens is 282 g/mol. The van der Waals surface area contributed by atoms with Gasteiger partial charge in [0.15, 0.2) is 0 Å². The van der Waals surface area contributed by atoms with Crippen molar-refractivity contribution in [3.8, 4) is 10.6 Å². The SMILES string of the molecule is CCN1CCN(C(=O)c2ccc(-c3nccs3)cc2)CC1. The normalized spacial score (nSPS) is 16.1. The number of hydrogen-bond donors (Lipinski definition) is 0. The number of aromatic nitrogens is 1. The quantitative estimate of drug-likeness (QED) is 0.874. The standard InChI is InChI=1S/C16H19N3OS/c1-2-18-8-10-19(11-9-18)16(20)14-5-3-13(4-6-14)15-17-7-12-21-15/h3-7,12H,2,8-11H2,1H3. The van der Waals surface area contributed by atoms with Crippen molar-refractivity contribution in [1.82, 2.24) is 14.8 Å². The largest absolute Gasteiger partial charge is 0.336 e. The highest BCUT2D eigenvalue weighted by Gasteiger charge is 2.21. The summed E-state index contributed by atoms with van der Waals surface area (Å²) in [5.74, 6) is 0.136. The number of thiazole rings is 1. The molecule has 0 N–H and O–H groups in total. The van der Waals surface area contributed by atoms with Gasteiger partial charge in [-0.15, -0.1) is 11.3 Å². The molecule has 1 aromatic heterocycles. The average Bonchev–Trinajstić information content (AvgIpc) is 3.09. The first-order valence-corrected chi connectivity index (χ1v) is 8.17. The van der Waals surface area contributed by atoms with Gasteiger partial charge in [0.05, 0.1) is 0 Å². The Morgan fingerprint density at radius 1 is 1.19 bits per heavy atom. The molecule has 1 aliphatic heterocycles. The van der Waals surface area contributed by atoms with Crippen molar-refractivity contribution in [2.75, 3.05) is 32.7 Å². The predicted octanol–water partition coefficient (Wildman–Crippen LogP) is 2.59. The maximum absolute atomic E-state index is 12.5. The number of benzene rings is 1. The van der Waals surface area contributed by atoms with Gasteiger partial charge >= 0.3 is 0 Å². The minimum Gasteiger partial charge on any atom is -0.336 e. The van der Waals surface area contributed by atoms with E-state index in [1.54, 1.807) is 17.5 Å². The molecule has 1 aliphatic rings. The van der Waals surface area contributed by atoms with Gasteiger partial charge in [0.1, 0.15) is 5.01 Å². The van der Waals surface area contributed by atoms with E-state index in [4.69, 9.17) is 0 Å². The van der Waals surface area contributed by atoms with Crippen molar-refractivity contribution < 1.29 is 4.79 Å². The molecular formula is C16H19N3OS. The zero-order valence-corrected chi connectivity index (χ0v) is 13.0. The Hall–Kier alpha value is -1.72. The van der Waals surface area contributed by atoms with Gasteiger partial charge in [0, 0.05) is 48.9 Å². The van der Waals surface area contributed by atoms with E-state index in [1.807, 2.05) is 34.5 Å². The Morgan fingerprint density at radius 3 is 2.48 bits per heavy atom. The van der Waals surface area contributed by atoms with Gasteiger partial charge in [0.25, 0.3) is 5.91 Å². The average molecular weight is 301 g/mol. The van der Waals surface area contributed by atoms with Gasteiger partial charge in [0.2, 0.25) is 0 Å². The molecule has 3 rings (SSSR count). The Morgan fingerprint density at radius 2 is 1.90 bits per heavy atom. The third-order valence-electron chi connectivity index (χ3n) is 3.92. The molecule has 1 saturated heterocycles. The van der Waals surface area contributed by atoms with Crippen LogP contribution in [-0.2, 0) is 0 Å². The highest BCUT2D eigenvalue weighted by atomic mass is 32.1. The maximum atomic E-state index is 12.5. The number of hydrogen-bond acceptors (Lipinski definition) is 4. The number of nitrogens with zero attached hydrogens (tertiary/aromatic N) is 3. The molecule has 0 radical (unpaired) electrons. The summed E-state index contributed by atoms with van der Waals surface area (Å²) in [7, 11) is 0. The molecule has 0 bridgehead atoms. The fraction of sp³-hybridized carbons (Fsp3) is 0.375. The second-order valence-electron chi connectivity index (χ2n) is 5.14. The van der Waals surface area contributed by atoms with E-state index in [9.17, 15) is 4.79 Å². The molecule has 0 atom stereocenters. The summed E-state index contributed by atoms with van der Waals surface area (Å²) in [6, 6.07) is 7.78. The fourth-order valence-corrected chi connectivity index (χ4v) is 3.22. The van der Waals surface area contributed by atoms with E-state index in [1.165, 1.54) is 0 Å². The molecule has 0 aliphatic carbocycles. The lowest BCUT2D eigenvalue weighted by Gasteiger charge is -2.34. The molecule has 2 heterocycles. The molecule has 0 spiro atoms. The van der Waals surface area contributed by atoms with Crippen molar-refractivity contribution in [2.45, 2.75) is 6.92 Å². The second kappa shape index (κ2) is 6.37. The van der Waals surface area contributed by atoms with Crippen molar-refractivity contribution in [3.63, 3.8) is 0 Å². The third-order valence-corrected chi connectivity index (χ3v) is 4.74. The topological polar surface area (TPSA) is 36.4 Å². The number of carbonyl (C=O) groups excluding carboxylic acids is 1. The molecule has 1 amide bonds. The van der Waals surface area contributed by atoms with Crippen LogP contribution in [0.5, 0.6) is 0 Å². The first kappa shape index (κ1) is 14.2. The smallest absolute Gasteiger partial charge is 0.253 e. The van der Waals surface area contributed by atoms with Crippen molar-refractivity contribution >= 4 is 17.2 Å². The van der Waals surface area contributed by atoms with Crippen LogP contribution in [0.1, 0.15) is 17.3 Å². The summed E-state index contributed by atoms with van der Waals surface area (Å²) >= 11 is 1.61. The van der Waals surface area contributed by atoms with Crippen LogP contribution >= 0.6 is 11.3 Å². The Balaban J connectivity index is 1.68. The zero-order valence-electron chi connectivity index (χ0n) is 12.2. The minimum absolute atomic E-state index is 0.136. The van der Waals surface area contributed by atoms with Crippen LogP contribution in [0, 0.1) is 0 Å². The van der Waals surface area contributed by atoms with E-state index in [-0.39, 0.29) is 5.91 Å². The van der Waals surface area contributed by atoms with Crippen molar-refractivity contribution in [2.24, 2.45) is 0 Å². The number of piperazine rings is 1. The first-order chi connectivity index (χ1) is 10.3. The van der Waals surface area contributed by atoms with Crippen LogP contribution in [0.2, 0.25) is 0 Å². The molecule has 110 valence electrons. The van der Waals surface area contributed by atoms with Crippen LogP contribution in [0.4, 0.5) is 0 Å². The first-order valence-electron chi connectivity index (χ1n) is 7.29. The molecule has 2 aromatic rings. The molecule has 1 aromatic carbocycles. The van der Waals surface area contributed by atoms with E-state index < -0.39 is 0 Å². The molecule has 1 fully saturated rings. The summed E-state index contributed by atoms with van der Waals surface area (Å²) in [4.78, 5) is 21.1. The highest BCUT2D eigenvalue weighted by Crippen LogP contribution is 2.22. The molecule has 5 heteroatoms. The molecule has 4 nitrogen and oxygen atoms in total. The van der Waals surface area contributed by atoms with Crippen LogP contribution in [0.3, 0.4) is 0 Å². The maximum Gasteiger partial charge on any atom is 0.253 e. The lowest BCUT2D eigenvalue weighted by atomic mass is 10.1. The van der Waals surface area contributed by atoms with Crippen molar-refractivity contribution in [3.05, 3.63) is 41.4 Å². The number of amides is 1. The number of carbonyl (C=O) groups is 1. The fourth-order valence-electron chi connectivity index (χ4n) is 2.57. The zero-order chi connectivity index (χ0) is 14.7. The van der Waals surface area contributed by atoms with E-state index in [2.05, 4.69) is 16.8 Å².